The molecule has 1 atom stereocenters. The summed E-state index contributed by atoms with van der Waals surface area (Å²) in [7, 11) is 0. The summed E-state index contributed by atoms with van der Waals surface area (Å²) in [4.78, 5) is 4.06. The number of aromatic nitrogens is 1. The molecule has 4 heteroatoms. The van der Waals surface area contributed by atoms with E-state index in [0.29, 0.717) is 17.3 Å². The van der Waals surface area contributed by atoms with Gasteiger partial charge in [-0.05, 0) is 18.6 Å². The molecule has 76 valence electrons. The highest BCUT2D eigenvalue weighted by Gasteiger charge is 2.07. The van der Waals surface area contributed by atoms with Crippen molar-refractivity contribution in [1.29, 1.82) is 0 Å². The predicted molar refractivity (Wildman–Crippen MR) is 58.6 cm³/mol. The van der Waals surface area contributed by atoms with Gasteiger partial charge in [0, 0.05) is 6.20 Å². The van der Waals surface area contributed by atoms with Crippen LogP contribution < -0.4 is 5.32 Å². The molecule has 0 unspecified atom stereocenters. The number of aliphatic hydroxyl groups excluding tert-OH is 1. The minimum atomic E-state index is -0.0834. The molecule has 0 aliphatic heterocycles. The van der Waals surface area contributed by atoms with Crippen molar-refractivity contribution in [2.24, 2.45) is 0 Å². The Balaban J connectivity index is 2.66. The molecule has 0 amide bonds. The number of halogens is 1. The topological polar surface area (TPSA) is 45.1 Å². The van der Waals surface area contributed by atoms with Gasteiger partial charge in [-0.2, -0.15) is 0 Å². The molecule has 1 rings (SSSR count). The zero-order valence-electron chi connectivity index (χ0n) is 7.78. The maximum absolute atomic E-state index is 9.03. The van der Waals surface area contributed by atoms with Crippen LogP contribution in [-0.4, -0.2) is 22.7 Å². The maximum atomic E-state index is 9.03. The Labute approximate surface area is 88.4 Å². The van der Waals surface area contributed by atoms with Gasteiger partial charge in [-0.25, -0.2) is 4.98 Å². The Kier molecular flexibility index (Phi) is 4.43. The van der Waals surface area contributed by atoms with E-state index in [-0.39, 0.29) is 12.6 Å². The highest BCUT2D eigenvalue weighted by atomic mass is 35.5. The molecule has 1 aromatic rings. The van der Waals surface area contributed by atoms with Gasteiger partial charge >= 0.3 is 0 Å². The van der Waals surface area contributed by atoms with Crippen LogP contribution >= 0.6 is 11.6 Å². The first-order valence-electron chi connectivity index (χ1n) is 4.36. The number of hydrogen-bond donors (Lipinski definition) is 2. The van der Waals surface area contributed by atoms with Crippen molar-refractivity contribution >= 4 is 17.4 Å². The van der Waals surface area contributed by atoms with Crippen LogP contribution in [0.15, 0.2) is 31.0 Å². The van der Waals surface area contributed by atoms with Crippen LogP contribution in [0, 0.1) is 0 Å². The summed E-state index contributed by atoms with van der Waals surface area (Å²) in [6, 6.07) is 3.42. The van der Waals surface area contributed by atoms with Gasteiger partial charge in [-0.15, -0.1) is 6.58 Å². The lowest BCUT2D eigenvalue weighted by molar-refractivity contribution is 0.275. The number of pyridine rings is 1. The lowest BCUT2D eigenvalue weighted by Gasteiger charge is -2.15. The number of nitrogens with one attached hydrogen (secondary N) is 1. The number of anilines is 1. The van der Waals surface area contributed by atoms with Gasteiger partial charge in [0.25, 0.3) is 0 Å². The summed E-state index contributed by atoms with van der Waals surface area (Å²) >= 11 is 5.89. The van der Waals surface area contributed by atoms with Crippen molar-refractivity contribution in [3.05, 3.63) is 36.0 Å². The third kappa shape index (κ3) is 3.01. The molecular weight excluding hydrogens is 200 g/mol. The van der Waals surface area contributed by atoms with E-state index in [1.807, 2.05) is 0 Å². The molecule has 0 spiro atoms. The minimum absolute atomic E-state index is 0.0267. The monoisotopic (exact) mass is 212 g/mol. The van der Waals surface area contributed by atoms with Gasteiger partial charge < -0.3 is 10.4 Å². The molecule has 1 heterocycles. The van der Waals surface area contributed by atoms with Crippen molar-refractivity contribution in [3.8, 4) is 0 Å². The van der Waals surface area contributed by atoms with E-state index >= 15 is 0 Å². The maximum Gasteiger partial charge on any atom is 0.145 e. The molecule has 0 fully saturated rings. The minimum Gasteiger partial charge on any atom is -0.394 e. The zero-order chi connectivity index (χ0) is 10.4. The Bertz CT molecular complexity index is 304. The number of aliphatic hydroxyl groups is 1. The lowest BCUT2D eigenvalue weighted by Crippen LogP contribution is -2.23. The summed E-state index contributed by atoms with van der Waals surface area (Å²) in [6.07, 6.45) is 4.06. The van der Waals surface area contributed by atoms with Crippen molar-refractivity contribution in [2.45, 2.75) is 12.5 Å². The van der Waals surface area contributed by atoms with E-state index in [1.165, 1.54) is 0 Å². The van der Waals surface area contributed by atoms with Gasteiger partial charge in [0.05, 0.1) is 17.7 Å². The SMILES string of the molecule is C=CC[C@H](CO)Nc1ncccc1Cl. The first-order chi connectivity index (χ1) is 6.77. The van der Waals surface area contributed by atoms with E-state index in [4.69, 9.17) is 16.7 Å². The van der Waals surface area contributed by atoms with Crippen LogP contribution in [0.5, 0.6) is 0 Å². The van der Waals surface area contributed by atoms with Crippen LogP contribution in [0.2, 0.25) is 5.02 Å². The third-order valence-electron chi connectivity index (χ3n) is 1.77. The zero-order valence-corrected chi connectivity index (χ0v) is 8.54. The third-order valence-corrected chi connectivity index (χ3v) is 2.08. The van der Waals surface area contributed by atoms with Crippen molar-refractivity contribution in [3.63, 3.8) is 0 Å². The van der Waals surface area contributed by atoms with E-state index in [1.54, 1.807) is 24.4 Å². The molecule has 0 aliphatic carbocycles. The summed E-state index contributed by atoms with van der Waals surface area (Å²) in [6.45, 7) is 3.63. The molecule has 1 aromatic heterocycles. The summed E-state index contributed by atoms with van der Waals surface area (Å²) < 4.78 is 0. The van der Waals surface area contributed by atoms with Gasteiger partial charge in [-0.1, -0.05) is 17.7 Å². The summed E-state index contributed by atoms with van der Waals surface area (Å²) in [5, 5.41) is 12.6. The first-order valence-corrected chi connectivity index (χ1v) is 4.74. The fourth-order valence-electron chi connectivity index (χ4n) is 1.07. The fraction of sp³-hybridized carbons (Fsp3) is 0.300. The molecule has 2 N–H and O–H groups in total. The summed E-state index contributed by atoms with van der Waals surface area (Å²) in [5.74, 6) is 0.593. The standard InChI is InChI=1S/C10H13ClN2O/c1-2-4-8(7-14)13-10-9(11)5-3-6-12-10/h2-3,5-6,8,14H,1,4,7H2,(H,12,13)/t8-/m1/s1. The number of hydrogen-bond acceptors (Lipinski definition) is 3. The van der Waals surface area contributed by atoms with Gasteiger partial charge in [0.1, 0.15) is 5.82 Å². The molecule has 0 aliphatic rings. The van der Waals surface area contributed by atoms with Crippen LogP contribution in [0.1, 0.15) is 6.42 Å². The van der Waals surface area contributed by atoms with Gasteiger partial charge in [0.15, 0.2) is 0 Å². The molecule has 0 bridgehead atoms. The molecule has 0 saturated carbocycles. The highest BCUT2D eigenvalue weighted by Crippen LogP contribution is 2.18. The average Bonchev–Trinajstić information content (AvgIpc) is 2.20. The lowest BCUT2D eigenvalue weighted by atomic mass is 10.2. The predicted octanol–water partition coefficient (Wildman–Crippen LogP) is 2.08. The fourth-order valence-corrected chi connectivity index (χ4v) is 1.24. The highest BCUT2D eigenvalue weighted by molar-refractivity contribution is 6.32. The normalized spacial score (nSPS) is 12.1. The van der Waals surface area contributed by atoms with E-state index < -0.39 is 0 Å². The number of rotatable bonds is 5. The molecule has 3 nitrogen and oxygen atoms in total. The van der Waals surface area contributed by atoms with E-state index in [9.17, 15) is 0 Å². The summed E-state index contributed by atoms with van der Waals surface area (Å²) in [5.41, 5.74) is 0. The largest absolute Gasteiger partial charge is 0.394 e. The van der Waals surface area contributed by atoms with Crippen LogP contribution in [0.4, 0.5) is 5.82 Å². The second-order valence-electron chi connectivity index (χ2n) is 2.88. The molecule has 0 radical (unpaired) electrons. The van der Waals surface area contributed by atoms with Crippen LogP contribution in [0.3, 0.4) is 0 Å². The van der Waals surface area contributed by atoms with Gasteiger partial charge in [0.2, 0.25) is 0 Å². The molecule has 14 heavy (non-hydrogen) atoms. The van der Waals surface area contributed by atoms with Gasteiger partial charge in [-0.3, -0.25) is 0 Å². The Hall–Kier alpha value is -1.06. The Morgan fingerprint density at radius 2 is 2.50 bits per heavy atom. The van der Waals surface area contributed by atoms with Crippen LogP contribution in [-0.2, 0) is 0 Å². The van der Waals surface area contributed by atoms with Crippen molar-refractivity contribution in [2.75, 3.05) is 11.9 Å². The second kappa shape index (κ2) is 5.62. The quantitative estimate of drug-likeness (QED) is 0.735. The van der Waals surface area contributed by atoms with Crippen molar-refractivity contribution < 1.29 is 5.11 Å². The van der Waals surface area contributed by atoms with E-state index in [0.717, 1.165) is 0 Å². The van der Waals surface area contributed by atoms with Crippen molar-refractivity contribution in [1.82, 2.24) is 4.98 Å². The van der Waals surface area contributed by atoms with E-state index in [2.05, 4.69) is 16.9 Å². The Morgan fingerprint density at radius 1 is 1.71 bits per heavy atom. The molecule has 0 aromatic carbocycles. The number of nitrogens with zero attached hydrogens (tertiary/aromatic N) is 1. The Morgan fingerprint density at radius 3 is 3.07 bits per heavy atom. The second-order valence-corrected chi connectivity index (χ2v) is 3.29. The smallest absolute Gasteiger partial charge is 0.145 e. The average molecular weight is 213 g/mol. The molecule has 0 saturated heterocycles. The molecular formula is C10H13ClN2O. The first kappa shape index (κ1) is 11.0. The van der Waals surface area contributed by atoms with Crippen LogP contribution in [0.25, 0.3) is 0 Å².